The second kappa shape index (κ2) is 10.5. The summed E-state index contributed by atoms with van der Waals surface area (Å²) in [6.07, 6.45) is 5.60. The Balaban J connectivity index is 1.34. The Labute approximate surface area is 221 Å². The van der Waals surface area contributed by atoms with Gasteiger partial charge in [0.25, 0.3) is 0 Å². The van der Waals surface area contributed by atoms with Crippen molar-refractivity contribution in [1.29, 1.82) is 0 Å². The first-order chi connectivity index (χ1) is 18.3. The van der Waals surface area contributed by atoms with Crippen LogP contribution in [0.25, 0.3) is 0 Å². The van der Waals surface area contributed by atoms with E-state index in [4.69, 9.17) is 0 Å². The smallest absolute Gasteiger partial charge is 0.301 e. The molecule has 38 heavy (non-hydrogen) atoms. The molecule has 2 unspecified atom stereocenters. The van der Waals surface area contributed by atoms with Crippen LogP contribution in [0, 0.1) is 13.8 Å². The van der Waals surface area contributed by atoms with Crippen LogP contribution < -0.4 is 15.8 Å². The highest BCUT2D eigenvalue weighted by Crippen LogP contribution is 2.44. The number of nitrogens with one attached hydrogen (secondary N) is 3. The van der Waals surface area contributed by atoms with E-state index in [1.165, 1.54) is 0 Å². The Kier molecular flexibility index (Phi) is 6.99. The van der Waals surface area contributed by atoms with Gasteiger partial charge in [-0.3, -0.25) is 20.5 Å². The fraction of sp³-hybridized carbons (Fsp3) is 0.370. The van der Waals surface area contributed by atoms with Gasteiger partial charge in [0.15, 0.2) is 11.6 Å². The number of H-pyrrole nitrogens is 1. The molecule has 1 amide bonds. The highest BCUT2D eigenvalue weighted by atomic mass is 16.3. The monoisotopic (exact) mass is 515 g/mol. The molecule has 2 atom stereocenters. The van der Waals surface area contributed by atoms with Gasteiger partial charge < -0.3 is 10.0 Å². The van der Waals surface area contributed by atoms with Crippen molar-refractivity contribution in [3.63, 3.8) is 0 Å². The van der Waals surface area contributed by atoms with Crippen LogP contribution in [0.2, 0.25) is 0 Å². The van der Waals surface area contributed by atoms with E-state index in [0.717, 1.165) is 53.9 Å². The quantitative estimate of drug-likeness (QED) is 0.288. The van der Waals surface area contributed by atoms with Crippen molar-refractivity contribution < 1.29 is 9.90 Å². The number of hydrazine groups is 1. The second-order valence-corrected chi connectivity index (χ2v) is 10.1. The molecule has 2 aromatic carbocycles. The highest BCUT2D eigenvalue weighted by molar-refractivity contribution is 6.46. The van der Waals surface area contributed by atoms with Gasteiger partial charge in [-0.05, 0) is 73.9 Å². The maximum atomic E-state index is 13.4. The van der Waals surface area contributed by atoms with E-state index in [1.54, 1.807) is 17.2 Å². The number of hydrogen-bond acceptors (Lipinski definition) is 9. The van der Waals surface area contributed by atoms with Crippen LogP contribution in [0.3, 0.4) is 0 Å². The number of aromatic hydroxyl groups is 1. The SMILES string of the molecule is Cc1ccc(N2C(=O)C(NNc3cccc(C4CCCC(c5nn[nH]n5)C4)c3O)=NC2=CN(C)C)cc1C. The molecule has 5 rings (SSSR count). The number of tetrazole rings is 1. The van der Waals surface area contributed by atoms with E-state index in [2.05, 4.69) is 36.5 Å². The molecule has 3 aromatic rings. The summed E-state index contributed by atoms with van der Waals surface area (Å²) >= 11 is 0. The number of amidine groups is 1. The van der Waals surface area contributed by atoms with Gasteiger partial charge in [0, 0.05) is 26.2 Å². The van der Waals surface area contributed by atoms with Crippen LogP contribution in [0.15, 0.2) is 53.4 Å². The zero-order chi connectivity index (χ0) is 26.8. The van der Waals surface area contributed by atoms with Gasteiger partial charge in [-0.25, -0.2) is 4.99 Å². The van der Waals surface area contributed by atoms with Crippen LogP contribution in [-0.2, 0) is 4.79 Å². The third-order valence-electron chi connectivity index (χ3n) is 7.21. The van der Waals surface area contributed by atoms with Crippen molar-refractivity contribution in [3.8, 4) is 5.75 Å². The standard InChI is InChI=1S/C27H33N9O2/c1-16-11-12-20(13-17(16)2)36-23(15-35(3)4)28-26(27(36)38)30-29-22-10-6-9-21(24(22)37)18-7-5-8-19(14-18)25-31-33-34-32-25/h6,9-13,15,18-19,29,37H,5,7-8,14H2,1-4H3,(H,28,30)(H,31,32,33,34). The number of phenols is 1. The summed E-state index contributed by atoms with van der Waals surface area (Å²) in [4.78, 5) is 21.4. The van der Waals surface area contributed by atoms with Crippen molar-refractivity contribution in [2.45, 2.75) is 51.4 Å². The average Bonchev–Trinajstić information content (AvgIpc) is 3.54. The molecular formula is C27H33N9O2. The number of amides is 1. The lowest BCUT2D eigenvalue weighted by molar-refractivity contribution is -0.111. The first kappa shape index (κ1) is 25.2. The molecular weight excluding hydrogens is 482 g/mol. The normalized spacial score (nSPS) is 20.5. The molecule has 0 bridgehead atoms. The number of carbonyl (C=O) groups excluding carboxylic acids is 1. The summed E-state index contributed by atoms with van der Waals surface area (Å²) in [5.41, 5.74) is 10.3. The number of nitrogens with zero attached hydrogens (tertiary/aromatic N) is 6. The first-order valence-electron chi connectivity index (χ1n) is 12.8. The molecule has 11 nitrogen and oxygen atoms in total. The van der Waals surface area contributed by atoms with Crippen LogP contribution in [0.5, 0.6) is 5.75 Å². The number of aryl methyl sites for hydroxylation is 2. The van der Waals surface area contributed by atoms with Crippen LogP contribution in [-0.4, -0.2) is 56.5 Å². The van der Waals surface area contributed by atoms with Crippen LogP contribution >= 0.6 is 0 Å². The van der Waals surface area contributed by atoms with E-state index >= 15 is 0 Å². The maximum Gasteiger partial charge on any atom is 0.301 e. The number of phenolic OH excluding ortho intramolecular Hbond substituents is 1. The minimum Gasteiger partial charge on any atom is -0.505 e. The lowest BCUT2D eigenvalue weighted by Crippen LogP contribution is -2.39. The molecule has 1 fully saturated rings. The third-order valence-corrected chi connectivity index (χ3v) is 7.21. The van der Waals surface area contributed by atoms with Crippen LogP contribution in [0.1, 0.15) is 60.0 Å². The van der Waals surface area contributed by atoms with Gasteiger partial charge in [0.2, 0.25) is 5.84 Å². The Hall–Kier alpha value is -4.41. The van der Waals surface area contributed by atoms with E-state index in [0.29, 0.717) is 11.5 Å². The molecule has 2 aliphatic rings. The summed E-state index contributed by atoms with van der Waals surface area (Å²) < 4.78 is 0. The highest BCUT2D eigenvalue weighted by Gasteiger charge is 2.33. The number of benzene rings is 2. The van der Waals surface area contributed by atoms with E-state index in [9.17, 15) is 9.90 Å². The minimum absolute atomic E-state index is 0.135. The number of hydrogen-bond donors (Lipinski definition) is 4. The van der Waals surface area contributed by atoms with Crippen molar-refractivity contribution in [1.82, 2.24) is 30.9 Å². The molecule has 0 spiro atoms. The van der Waals surface area contributed by atoms with Gasteiger partial charge in [-0.2, -0.15) is 5.21 Å². The zero-order valence-electron chi connectivity index (χ0n) is 22.1. The Morgan fingerprint density at radius 3 is 2.66 bits per heavy atom. The van der Waals surface area contributed by atoms with Crippen molar-refractivity contribution in [2.75, 3.05) is 24.4 Å². The van der Waals surface area contributed by atoms with E-state index in [-0.39, 0.29) is 29.3 Å². The van der Waals surface area contributed by atoms with Crippen LogP contribution in [0.4, 0.5) is 11.4 Å². The lowest BCUT2D eigenvalue weighted by Gasteiger charge is -2.28. The number of aliphatic imine (C=N–C) groups is 1. The molecule has 1 aliphatic heterocycles. The number of para-hydroxylation sites is 1. The van der Waals surface area contributed by atoms with Crippen molar-refractivity contribution in [2.24, 2.45) is 4.99 Å². The molecule has 0 radical (unpaired) electrons. The minimum atomic E-state index is -0.292. The predicted octanol–water partition coefficient (Wildman–Crippen LogP) is 3.69. The molecule has 1 saturated carbocycles. The Bertz CT molecular complexity index is 1380. The van der Waals surface area contributed by atoms with Gasteiger partial charge in [-0.15, -0.1) is 10.2 Å². The summed E-state index contributed by atoms with van der Waals surface area (Å²) in [5.74, 6) is 1.58. The number of aromatic nitrogens is 4. The molecule has 1 aliphatic carbocycles. The molecule has 2 heterocycles. The third kappa shape index (κ3) is 5.04. The van der Waals surface area contributed by atoms with Crippen molar-refractivity contribution in [3.05, 3.63) is 70.9 Å². The van der Waals surface area contributed by atoms with Gasteiger partial charge in [0.1, 0.15) is 5.75 Å². The number of rotatable bonds is 6. The predicted molar refractivity (Wildman–Crippen MR) is 146 cm³/mol. The summed E-state index contributed by atoms with van der Waals surface area (Å²) in [7, 11) is 3.76. The maximum absolute atomic E-state index is 13.4. The average molecular weight is 516 g/mol. The molecule has 11 heteroatoms. The largest absolute Gasteiger partial charge is 0.505 e. The fourth-order valence-electron chi connectivity index (χ4n) is 5.10. The fourth-order valence-corrected chi connectivity index (χ4v) is 5.10. The molecule has 198 valence electrons. The van der Waals surface area contributed by atoms with E-state index in [1.807, 2.05) is 63.2 Å². The Morgan fingerprint density at radius 2 is 1.92 bits per heavy atom. The first-order valence-corrected chi connectivity index (χ1v) is 12.8. The van der Waals surface area contributed by atoms with E-state index < -0.39 is 0 Å². The van der Waals surface area contributed by atoms with Gasteiger partial charge >= 0.3 is 5.91 Å². The van der Waals surface area contributed by atoms with Crippen molar-refractivity contribution >= 4 is 23.1 Å². The zero-order valence-corrected chi connectivity index (χ0v) is 22.1. The summed E-state index contributed by atoms with van der Waals surface area (Å²) in [5, 5.41) is 25.7. The second-order valence-electron chi connectivity index (χ2n) is 10.1. The van der Waals surface area contributed by atoms with Gasteiger partial charge in [-0.1, -0.05) is 29.8 Å². The number of anilines is 2. The Morgan fingerprint density at radius 1 is 1.11 bits per heavy atom. The number of aromatic amines is 1. The lowest BCUT2D eigenvalue weighted by atomic mass is 9.77. The number of carbonyl (C=O) groups is 1. The molecule has 1 aromatic heterocycles. The topological polar surface area (TPSA) is 135 Å². The molecule has 4 N–H and O–H groups in total. The summed E-state index contributed by atoms with van der Waals surface area (Å²) in [6, 6.07) is 11.5. The van der Waals surface area contributed by atoms with Gasteiger partial charge in [0.05, 0.1) is 11.4 Å². The summed E-state index contributed by atoms with van der Waals surface area (Å²) in [6.45, 7) is 4.05. The molecule has 0 saturated heterocycles.